The Morgan fingerprint density at radius 3 is 2.58 bits per heavy atom. The van der Waals surface area contributed by atoms with Gasteiger partial charge in [0.05, 0.1) is 17.2 Å². The molecule has 1 fully saturated rings. The molecule has 0 bridgehead atoms. The monoisotopic (exact) mass is 422 g/mol. The first-order chi connectivity index (χ1) is 15.1. The molecule has 0 saturated carbocycles. The number of carbonyl (C=O) groups is 1. The molecule has 0 aliphatic carbocycles. The first-order valence-electron chi connectivity index (χ1n) is 9.98. The van der Waals surface area contributed by atoms with Crippen molar-refractivity contribution >= 4 is 17.3 Å². The van der Waals surface area contributed by atoms with E-state index >= 15 is 0 Å². The Bertz CT molecular complexity index is 1080. The van der Waals surface area contributed by atoms with Gasteiger partial charge in [0, 0.05) is 37.8 Å². The van der Waals surface area contributed by atoms with Crippen molar-refractivity contribution in [3.05, 3.63) is 70.8 Å². The van der Waals surface area contributed by atoms with Crippen LogP contribution in [0.4, 0.5) is 11.4 Å². The second-order valence-corrected chi connectivity index (χ2v) is 6.98. The van der Waals surface area contributed by atoms with Gasteiger partial charge in [-0.2, -0.15) is 5.10 Å². The van der Waals surface area contributed by atoms with Crippen molar-refractivity contribution in [1.29, 1.82) is 0 Å². The Kier molecular flexibility index (Phi) is 5.78. The van der Waals surface area contributed by atoms with Gasteiger partial charge in [-0.05, 0) is 31.2 Å². The highest BCUT2D eigenvalue weighted by atomic mass is 16.6. The highest BCUT2D eigenvalue weighted by Gasteiger charge is 2.26. The number of hydrogen-bond acceptors (Lipinski definition) is 7. The van der Waals surface area contributed by atoms with Crippen molar-refractivity contribution < 1.29 is 14.5 Å². The molecule has 0 unspecified atom stereocenters. The largest absolute Gasteiger partial charge is 0.492 e. The number of nitro benzene ring substituents is 1. The summed E-state index contributed by atoms with van der Waals surface area (Å²) in [6.45, 7) is 4.85. The fourth-order valence-electron chi connectivity index (χ4n) is 3.66. The number of aromatic nitrogens is 3. The molecule has 31 heavy (non-hydrogen) atoms. The summed E-state index contributed by atoms with van der Waals surface area (Å²) in [5.41, 5.74) is 1.35. The summed E-state index contributed by atoms with van der Waals surface area (Å²) in [6, 6.07) is 12.3. The first-order valence-corrected chi connectivity index (χ1v) is 9.98. The molecular formula is C21H22N6O4. The van der Waals surface area contributed by atoms with Crippen LogP contribution < -0.4 is 9.64 Å². The van der Waals surface area contributed by atoms with Crippen LogP contribution in [0, 0.1) is 10.1 Å². The fourth-order valence-corrected chi connectivity index (χ4v) is 3.66. The van der Waals surface area contributed by atoms with E-state index in [0.29, 0.717) is 32.8 Å². The molecule has 2 aromatic carbocycles. The van der Waals surface area contributed by atoms with Crippen LogP contribution in [0.3, 0.4) is 0 Å². The lowest BCUT2D eigenvalue weighted by Gasteiger charge is -2.36. The molecule has 0 spiro atoms. The summed E-state index contributed by atoms with van der Waals surface area (Å²) >= 11 is 0. The van der Waals surface area contributed by atoms with E-state index in [4.69, 9.17) is 4.74 Å². The minimum Gasteiger partial charge on any atom is -0.492 e. The molecule has 2 heterocycles. The Morgan fingerprint density at radius 2 is 1.90 bits per heavy atom. The van der Waals surface area contributed by atoms with Gasteiger partial charge in [0.2, 0.25) is 0 Å². The Labute approximate surface area is 178 Å². The number of hydrogen-bond donors (Lipinski definition) is 0. The van der Waals surface area contributed by atoms with Gasteiger partial charge in [0.25, 0.3) is 11.6 Å². The van der Waals surface area contributed by atoms with Gasteiger partial charge in [0.1, 0.15) is 24.1 Å². The van der Waals surface area contributed by atoms with Gasteiger partial charge in [-0.1, -0.05) is 12.1 Å². The van der Waals surface area contributed by atoms with E-state index in [1.54, 1.807) is 11.0 Å². The van der Waals surface area contributed by atoms with E-state index in [9.17, 15) is 14.9 Å². The van der Waals surface area contributed by atoms with Crippen molar-refractivity contribution in [1.82, 2.24) is 19.7 Å². The molecule has 1 aliphatic rings. The number of carbonyl (C=O) groups excluding carboxylic acids is 1. The Hall–Kier alpha value is -3.95. The molecule has 1 aliphatic heterocycles. The summed E-state index contributed by atoms with van der Waals surface area (Å²) in [7, 11) is 0. The van der Waals surface area contributed by atoms with E-state index in [0.717, 1.165) is 11.4 Å². The summed E-state index contributed by atoms with van der Waals surface area (Å²) in [5, 5.41) is 15.5. The van der Waals surface area contributed by atoms with Gasteiger partial charge in [0.15, 0.2) is 0 Å². The Balaban J connectivity index is 1.49. The summed E-state index contributed by atoms with van der Waals surface area (Å²) in [5.74, 6) is 0.593. The SMILES string of the molecule is CCOc1ccccc1N1CCN(C(=O)c2ccc(-n3cncn3)c([N+](=O)[O-])c2)CC1. The number of anilines is 1. The first kappa shape index (κ1) is 20.3. The molecule has 1 saturated heterocycles. The van der Waals surface area contributed by atoms with Crippen LogP contribution in [0.15, 0.2) is 55.1 Å². The number of piperazine rings is 1. The van der Waals surface area contributed by atoms with Gasteiger partial charge in [-0.15, -0.1) is 0 Å². The average Bonchev–Trinajstić information content (AvgIpc) is 3.34. The summed E-state index contributed by atoms with van der Waals surface area (Å²) < 4.78 is 7.02. The standard InChI is InChI=1S/C21H22N6O4/c1-2-31-20-6-4-3-5-18(20)24-9-11-25(12-10-24)21(28)16-7-8-17(19(13-16)27(29)30)26-15-22-14-23-26/h3-8,13-15H,2,9-12H2,1H3. The maximum absolute atomic E-state index is 13.0. The van der Waals surface area contributed by atoms with Crippen molar-refractivity contribution in [2.24, 2.45) is 0 Å². The molecule has 0 atom stereocenters. The number of rotatable bonds is 6. The molecule has 10 heteroatoms. The zero-order valence-electron chi connectivity index (χ0n) is 17.0. The van der Waals surface area contributed by atoms with Crippen molar-refractivity contribution in [3.63, 3.8) is 0 Å². The predicted octanol–water partition coefficient (Wildman–Crippen LogP) is 2.54. The second-order valence-electron chi connectivity index (χ2n) is 6.98. The summed E-state index contributed by atoms with van der Waals surface area (Å²) in [4.78, 5) is 31.8. The van der Waals surface area contributed by atoms with Crippen LogP contribution in [-0.4, -0.2) is 63.3 Å². The summed E-state index contributed by atoms with van der Waals surface area (Å²) in [6.07, 6.45) is 2.68. The van der Waals surface area contributed by atoms with E-state index < -0.39 is 4.92 Å². The molecular weight excluding hydrogens is 400 g/mol. The average molecular weight is 422 g/mol. The second kappa shape index (κ2) is 8.82. The van der Waals surface area contributed by atoms with Gasteiger partial charge < -0.3 is 14.5 Å². The van der Waals surface area contributed by atoms with Crippen LogP contribution in [0.5, 0.6) is 5.75 Å². The lowest BCUT2D eigenvalue weighted by atomic mass is 10.1. The number of nitro groups is 1. The Morgan fingerprint density at radius 1 is 1.13 bits per heavy atom. The molecule has 0 radical (unpaired) electrons. The lowest BCUT2D eigenvalue weighted by Crippen LogP contribution is -2.48. The third-order valence-electron chi connectivity index (χ3n) is 5.16. The van der Waals surface area contributed by atoms with Gasteiger partial charge in [-0.25, -0.2) is 9.67 Å². The maximum atomic E-state index is 13.0. The molecule has 1 aromatic heterocycles. The van der Waals surface area contributed by atoms with E-state index in [1.165, 1.54) is 29.5 Å². The number of para-hydroxylation sites is 2. The van der Waals surface area contributed by atoms with Crippen LogP contribution in [-0.2, 0) is 0 Å². The highest BCUT2D eigenvalue weighted by Crippen LogP contribution is 2.29. The highest BCUT2D eigenvalue weighted by molar-refractivity contribution is 5.95. The van der Waals surface area contributed by atoms with Gasteiger partial charge in [-0.3, -0.25) is 14.9 Å². The minimum atomic E-state index is -0.517. The molecule has 3 aromatic rings. The lowest BCUT2D eigenvalue weighted by molar-refractivity contribution is -0.384. The van der Waals surface area contributed by atoms with E-state index in [2.05, 4.69) is 15.0 Å². The van der Waals surface area contributed by atoms with E-state index in [1.807, 2.05) is 31.2 Å². The smallest absolute Gasteiger partial charge is 0.295 e. The molecule has 1 amide bonds. The van der Waals surface area contributed by atoms with Crippen molar-refractivity contribution in [2.75, 3.05) is 37.7 Å². The van der Waals surface area contributed by atoms with Crippen molar-refractivity contribution in [3.8, 4) is 11.4 Å². The topological polar surface area (TPSA) is 107 Å². The fraction of sp³-hybridized carbons (Fsp3) is 0.286. The van der Waals surface area contributed by atoms with Crippen LogP contribution in [0.25, 0.3) is 5.69 Å². The van der Waals surface area contributed by atoms with Crippen LogP contribution in [0.2, 0.25) is 0 Å². The molecule has 0 N–H and O–H groups in total. The normalized spacial score (nSPS) is 13.8. The number of amides is 1. The number of ether oxygens (including phenoxy) is 1. The third-order valence-corrected chi connectivity index (χ3v) is 5.16. The molecule has 4 rings (SSSR count). The van der Waals surface area contributed by atoms with Crippen molar-refractivity contribution in [2.45, 2.75) is 6.92 Å². The number of benzene rings is 2. The predicted molar refractivity (Wildman–Crippen MR) is 114 cm³/mol. The zero-order valence-corrected chi connectivity index (χ0v) is 17.0. The number of nitrogens with zero attached hydrogens (tertiary/aromatic N) is 6. The quantitative estimate of drug-likeness (QED) is 0.444. The maximum Gasteiger partial charge on any atom is 0.295 e. The molecule has 10 nitrogen and oxygen atoms in total. The van der Waals surface area contributed by atoms with E-state index in [-0.39, 0.29) is 22.8 Å². The van der Waals surface area contributed by atoms with Crippen LogP contribution >= 0.6 is 0 Å². The van der Waals surface area contributed by atoms with Gasteiger partial charge >= 0.3 is 0 Å². The van der Waals surface area contributed by atoms with Crippen LogP contribution in [0.1, 0.15) is 17.3 Å². The minimum absolute atomic E-state index is 0.194. The molecule has 160 valence electrons. The third kappa shape index (κ3) is 4.18. The zero-order chi connectivity index (χ0) is 21.8.